The van der Waals surface area contributed by atoms with Gasteiger partial charge in [-0.05, 0) is 36.4 Å². The fourth-order valence-electron chi connectivity index (χ4n) is 2.14. The molecule has 1 amide bonds. The Balaban J connectivity index is 1.45. The van der Waals surface area contributed by atoms with Gasteiger partial charge in [0.05, 0.1) is 30.4 Å². The minimum atomic E-state index is -0.407. The van der Waals surface area contributed by atoms with Gasteiger partial charge in [-0.15, -0.1) is 23.1 Å². The second-order valence-electron chi connectivity index (χ2n) is 5.23. The van der Waals surface area contributed by atoms with Crippen LogP contribution in [0.5, 0.6) is 0 Å². The summed E-state index contributed by atoms with van der Waals surface area (Å²) in [4.78, 5) is 27.9. The van der Waals surface area contributed by atoms with Crippen LogP contribution in [-0.2, 0) is 15.3 Å². The average molecular weight is 388 g/mol. The van der Waals surface area contributed by atoms with E-state index in [1.165, 1.54) is 30.2 Å². The minimum absolute atomic E-state index is 0.109. The normalized spacial score (nSPS) is 10.5. The molecule has 3 rings (SSSR count). The van der Waals surface area contributed by atoms with Crippen LogP contribution in [0.2, 0.25) is 0 Å². The fourth-order valence-corrected chi connectivity index (χ4v) is 3.75. The van der Waals surface area contributed by atoms with Gasteiger partial charge in [-0.3, -0.25) is 4.79 Å². The molecule has 0 radical (unpaired) electrons. The molecule has 0 saturated heterocycles. The summed E-state index contributed by atoms with van der Waals surface area (Å²) in [5, 5.41) is 5.60. The Labute approximate surface area is 158 Å². The Bertz CT molecular complexity index is 873. The first kappa shape index (κ1) is 18.2. The predicted octanol–water partition coefficient (Wildman–Crippen LogP) is 4.06. The lowest BCUT2D eigenvalue weighted by Gasteiger charge is -2.05. The zero-order valence-electron chi connectivity index (χ0n) is 13.9. The largest absolute Gasteiger partial charge is 0.465 e. The van der Waals surface area contributed by atoms with Crippen molar-refractivity contribution in [1.29, 1.82) is 0 Å². The maximum Gasteiger partial charge on any atom is 0.337 e. The molecule has 0 unspecified atom stereocenters. The summed E-state index contributed by atoms with van der Waals surface area (Å²) in [7, 11) is 1.33. The van der Waals surface area contributed by atoms with Gasteiger partial charge < -0.3 is 14.5 Å². The van der Waals surface area contributed by atoms with Crippen molar-refractivity contribution in [2.75, 3.05) is 18.2 Å². The van der Waals surface area contributed by atoms with Gasteiger partial charge in [0, 0.05) is 16.8 Å². The lowest BCUT2D eigenvalue weighted by Crippen LogP contribution is -2.14. The molecule has 2 aromatic heterocycles. The molecule has 26 heavy (non-hydrogen) atoms. The predicted molar refractivity (Wildman–Crippen MR) is 102 cm³/mol. The van der Waals surface area contributed by atoms with Crippen molar-refractivity contribution in [2.24, 2.45) is 0 Å². The standard InChI is InChI=1S/C18H16N2O4S2/c1-23-18(22)12-4-6-13(7-5-12)19-16(21)11-25-9-14-10-26-17(20-14)15-3-2-8-24-15/h2-8,10H,9,11H2,1H3,(H,19,21). The van der Waals surface area contributed by atoms with Gasteiger partial charge in [-0.2, -0.15) is 0 Å². The molecule has 6 nitrogen and oxygen atoms in total. The van der Waals surface area contributed by atoms with Crippen molar-refractivity contribution in [3.05, 3.63) is 59.3 Å². The number of aromatic nitrogens is 1. The molecule has 0 atom stereocenters. The molecule has 0 aliphatic carbocycles. The smallest absolute Gasteiger partial charge is 0.337 e. The molecule has 0 fully saturated rings. The number of rotatable bonds is 7. The molecule has 0 spiro atoms. The third kappa shape index (κ3) is 4.74. The molecule has 3 aromatic rings. The van der Waals surface area contributed by atoms with Crippen LogP contribution < -0.4 is 5.32 Å². The summed E-state index contributed by atoms with van der Waals surface area (Å²) >= 11 is 3.00. The number of thioether (sulfide) groups is 1. The molecule has 8 heteroatoms. The Hall–Kier alpha value is -2.58. The van der Waals surface area contributed by atoms with Gasteiger partial charge in [0.25, 0.3) is 0 Å². The number of esters is 1. The molecule has 0 aliphatic heterocycles. The summed E-state index contributed by atoms with van der Waals surface area (Å²) in [5.41, 5.74) is 1.99. The topological polar surface area (TPSA) is 81.4 Å². The van der Waals surface area contributed by atoms with Gasteiger partial charge in [0.1, 0.15) is 0 Å². The number of furan rings is 1. The Morgan fingerprint density at radius 3 is 2.77 bits per heavy atom. The number of hydrogen-bond donors (Lipinski definition) is 1. The zero-order chi connectivity index (χ0) is 18.4. The van der Waals surface area contributed by atoms with Crippen molar-refractivity contribution in [2.45, 2.75) is 5.75 Å². The third-order valence-electron chi connectivity index (χ3n) is 3.36. The Morgan fingerprint density at radius 2 is 2.08 bits per heavy atom. The van der Waals surface area contributed by atoms with E-state index in [2.05, 4.69) is 15.0 Å². The van der Waals surface area contributed by atoms with E-state index in [-0.39, 0.29) is 5.91 Å². The van der Waals surface area contributed by atoms with Crippen LogP contribution >= 0.6 is 23.1 Å². The van der Waals surface area contributed by atoms with E-state index in [1.54, 1.807) is 30.5 Å². The van der Waals surface area contributed by atoms with Gasteiger partial charge in [0.15, 0.2) is 10.8 Å². The number of carbonyl (C=O) groups excluding carboxylic acids is 2. The highest BCUT2D eigenvalue weighted by Gasteiger charge is 2.09. The number of nitrogens with one attached hydrogen (secondary N) is 1. The van der Waals surface area contributed by atoms with Crippen LogP contribution in [0.15, 0.2) is 52.5 Å². The van der Waals surface area contributed by atoms with E-state index in [9.17, 15) is 9.59 Å². The number of benzene rings is 1. The molecule has 2 heterocycles. The monoisotopic (exact) mass is 388 g/mol. The van der Waals surface area contributed by atoms with E-state index in [4.69, 9.17) is 4.42 Å². The summed E-state index contributed by atoms with van der Waals surface area (Å²) < 4.78 is 9.96. The number of nitrogens with zero attached hydrogens (tertiary/aromatic N) is 1. The van der Waals surface area contributed by atoms with Crippen LogP contribution in [0.25, 0.3) is 10.8 Å². The minimum Gasteiger partial charge on any atom is -0.465 e. The van der Waals surface area contributed by atoms with Gasteiger partial charge >= 0.3 is 5.97 Å². The van der Waals surface area contributed by atoms with Crippen LogP contribution in [0.1, 0.15) is 16.1 Å². The van der Waals surface area contributed by atoms with E-state index in [1.807, 2.05) is 17.5 Å². The summed E-state index contributed by atoms with van der Waals surface area (Å²) in [6, 6.07) is 10.3. The highest BCUT2D eigenvalue weighted by atomic mass is 32.2. The first-order chi connectivity index (χ1) is 12.7. The molecule has 0 aliphatic rings. The summed E-state index contributed by atoms with van der Waals surface area (Å²) in [6.07, 6.45) is 1.62. The number of carbonyl (C=O) groups is 2. The van der Waals surface area contributed by atoms with Crippen molar-refractivity contribution in [1.82, 2.24) is 4.98 Å². The number of anilines is 1. The molecule has 1 aromatic carbocycles. The highest BCUT2D eigenvalue weighted by molar-refractivity contribution is 7.99. The van der Waals surface area contributed by atoms with Crippen LogP contribution in [0.4, 0.5) is 5.69 Å². The molecule has 0 bridgehead atoms. The van der Waals surface area contributed by atoms with Crippen molar-refractivity contribution < 1.29 is 18.7 Å². The zero-order valence-corrected chi connectivity index (χ0v) is 15.6. The molecule has 0 saturated carbocycles. The maximum atomic E-state index is 12.0. The van der Waals surface area contributed by atoms with E-state index in [0.29, 0.717) is 22.8 Å². The summed E-state index contributed by atoms with van der Waals surface area (Å²) in [5.74, 6) is 1.19. The fraction of sp³-hybridized carbons (Fsp3) is 0.167. The molecule has 134 valence electrons. The third-order valence-corrected chi connectivity index (χ3v) is 5.23. The van der Waals surface area contributed by atoms with Gasteiger partial charge in [-0.25, -0.2) is 9.78 Å². The van der Waals surface area contributed by atoms with Crippen molar-refractivity contribution in [3.8, 4) is 10.8 Å². The van der Waals surface area contributed by atoms with Crippen LogP contribution in [-0.4, -0.2) is 29.7 Å². The lowest BCUT2D eigenvalue weighted by molar-refractivity contribution is -0.113. The van der Waals surface area contributed by atoms with Crippen molar-refractivity contribution >= 4 is 40.7 Å². The van der Waals surface area contributed by atoms with Crippen LogP contribution in [0, 0.1) is 0 Å². The number of thiazole rings is 1. The second kappa shape index (κ2) is 8.68. The molecule has 1 N–H and O–H groups in total. The highest BCUT2D eigenvalue weighted by Crippen LogP contribution is 2.25. The van der Waals surface area contributed by atoms with Crippen LogP contribution in [0.3, 0.4) is 0 Å². The quantitative estimate of drug-likeness (QED) is 0.615. The molecular formula is C18H16N2O4S2. The summed E-state index contributed by atoms with van der Waals surface area (Å²) in [6.45, 7) is 0. The second-order valence-corrected chi connectivity index (χ2v) is 7.07. The number of hydrogen-bond acceptors (Lipinski definition) is 7. The van der Waals surface area contributed by atoms with Gasteiger partial charge in [0.2, 0.25) is 5.91 Å². The Kier molecular flexibility index (Phi) is 6.08. The average Bonchev–Trinajstić information content (AvgIpc) is 3.33. The SMILES string of the molecule is COC(=O)c1ccc(NC(=O)CSCc2csc(-c3ccco3)n2)cc1. The van der Waals surface area contributed by atoms with Crippen molar-refractivity contribution in [3.63, 3.8) is 0 Å². The Morgan fingerprint density at radius 1 is 1.27 bits per heavy atom. The van der Waals surface area contributed by atoms with E-state index in [0.717, 1.165) is 16.5 Å². The number of ether oxygens (including phenoxy) is 1. The van der Waals surface area contributed by atoms with E-state index < -0.39 is 5.97 Å². The molecular weight excluding hydrogens is 372 g/mol. The maximum absolute atomic E-state index is 12.0. The number of methoxy groups -OCH3 is 1. The first-order valence-electron chi connectivity index (χ1n) is 7.70. The number of amides is 1. The van der Waals surface area contributed by atoms with Gasteiger partial charge in [-0.1, -0.05) is 0 Å². The first-order valence-corrected chi connectivity index (χ1v) is 9.73. The van der Waals surface area contributed by atoms with E-state index >= 15 is 0 Å². The lowest BCUT2D eigenvalue weighted by atomic mass is 10.2.